The lowest BCUT2D eigenvalue weighted by atomic mass is 10.1. The van der Waals surface area contributed by atoms with E-state index in [1.54, 1.807) is 0 Å². The maximum atomic E-state index is 12.3. The van der Waals surface area contributed by atoms with Gasteiger partial charge in [-0.3, -0.25) is 0 Å². The topological polar surface area (TPSA) is 46.2 Å². The number of alkyl halides is 1. The third kappa shape index (κ3) is 4.48. The Labute approximate surface area is 136 Å². The van der Waals surface area contributed by atoms with Gasteiger partial charge in [-0.2, -0.15) is 0 Å². The van der Waals surface area contributed by atoms with E-state index in [4.69, 9.17) is 34.8 Å². The number of halogens is 4. The first-order valence-corrected chi connectivity index (χ1v) is 8.98. The van der Waals surface area contributed by atoms with Crippen LogP contribution in [0.15, 0.2) is 21.5 Å². The quantitative estimate of drug-likeness (QED) is 0.737. The summed E-state index contributed by atoms with van der Waals surface area (Å²) < 4.78 is 27.7. The van der Waals surface area contributed by atoms with Crippen molar-refractivity contribution in [2.45, 2.75) is 24.8 Å². The molecule has 0 saturated heterocycles. The third-order valence-corrected chi connectivity index (χ3v) is 5.71. The standard InChI is InChI=1S/C11H13BrCl3NO2S/c1-6(2)10(5-13)16-19(17,18)11-8(14)3-7(12)4-9(11)15/h3-4,6,10,16H,5H2,1-2H3. The summed E-state index contributed by atoms with van der Waals surface area (Å²) in [6.07, 6.45) is 0. The van der Waals surface area contributed by atoms with E-state index in [0.29, 0.717) is 4.47 Å². The molecule has 0 aliphatic carbocycles. The van der Waals surface area contributed by atoms with Crippen LogP contribution in [0.1, 0.15) is 13.8 Å². The van der Waals surface area contributed by atoms with Crippen LogP contribution in [0.5, 0.6) is 0 Å². The molecule has 1 aromatic carbocycles. The Balaban J connectivity index is 3.21. The van der Waals surface area contributed by atoms with E-state index in [2.05, 4.69) is 20.7 Å². The molecule has 0 aliphatic rings. The number of hydrogen-bond donors (Lipinski definition) is 1. The molecule has 0 amide bonds. The summed E-state index contributed by atoms with van der Waals surface area (Å²) in [4.78, 5) is -0.130. The zero-order valence-corrected chi connectivity index (χ0v) is 14.9. The number of rotatable bonds is 5. The number of nitrogens with one attached hydrogen (secondary N) is 1. The van der Waals surface area contributed by atoms with Gasteiger partial charge in [0.1, 0.15) is 4.90 Å². The first-order valence-electron chi connectivity index (χ1n) is 5.42. The van der Waals surface area contributed by atoms with Crippen LogP contribution >= 0.6 is 50.7 Å². The lowest BCUT2D eigenvalue weighted by Crippen LogP contribution is -2.40. The lowest BCUT2D eigenvalue weighted by molar-refractivity contribution is 0.480. The van der Waals surface area contributed by atoms with Crippen LogP contribution < -0.4 is 4.72 Å². The predicted octanol–water partition coefficient (Wildman–Crippen LogP) is 4.30. The van der Waals surface area contributed by atoms with E-state index in [9.17, 15) is 8.42 Å². The number of sulfonamides is 1. The second-order valence-electron chi connectivity index (χ2n) is 4.32. The summed E-state index contributed by atoms with van der Waals surface area (Å²) >= 11 is 20.9. The molecule has 0 saturated carbocycles. The van der Waals surface area contributed by atoms with E-state index < -0.39 is 10.0 Å². The van der Waals surface area contributed by atoms with E-state index in [1.165, 1.54) is 12.1 Å². The summed E-state index contributed by atoms with van der Waals surface area (Å²) in [5.41, 5.74) is 0. The fourth-order valence-corrected chi connectivity index (χ4v) is 5.24. The molecular weight excluding hydrogens is 396 g/mol. The van der Waals surface area contributed by atoms with Crippen LogP contribution in [-0.2, 0) is 10.0 Å². The molecule has 0 spiro atoms. The minimum absolute atomic E-state index is 0.0558. The molecule has 0 bridgehead atoms. The van der Waals surface area contributed by atoms with Crippen LogP contribution in [0.3, 0.4) is 0 Å². The van der Waals surface area contributed by atoms with E-state index in [1.807, 2.05) is 13.8 Å². The van der Waals surface area contributed by atoms with Gasteiger partial charge in [-0.25, -0.2) is 13.1 Å². The highest BCUT2D eigenvalue weighted by molar-refractivity contribution is 9.10. The first kappa shape index (κ1) is 17.5. The molecule has 1 rings (SSSR count). The Morgan fingerprint density at radius 1 is 1.26 bits per heavy atom. The van der Waals surface area contributed by atoms with Crippen molar-refractivity contribution in [1.29, 1.82) is 0 Å². The van der Waals surface area contributed by atoms with E-state index in [0.717, 1.165) is 0 Å². The van der Waals surface area contributed by atoms with Crippen molar-refractivity contribution in [2.75, 3.05) is 5.88 Å². The van der Waals surface area contributed by atoms with Gasteiger partial charge in [0.25, 0.3) is 0 Å². The largest absolute Gasteiger partial charge is 0.243 e. The van der Waals surface area contributed by atoms with Crippen LogP contribution in [0.25, 0.3) is 0 Å². The van der Waals surface area contributed by atoms with Crippen molar-refractivity contribution in [3.63, 3.8) is 0 Å². The van der Waals surface area contributed by atoms with Gasteiger partial charge in [0.05, 0.1) is 10.0 Å². The van der Waals surface area contributed by atoms with Crippen molar-refractivity contribution in [3.8, 4) is 0 Å². The highest BCUT2D eigenvalue weighted by Crippen LogP contribution is 2.33. The van der Waals surface area contributed by atoms with Crippen LogP contribution in [0.4, 0.5) is 0 Å². The number of benzene rings is 1. The lowest BCUT2D eigenvalue weighted by Gasteiger charge is -2.20. The van der Waals surface area contributed by atoms with Crippen LogP contribution in [-0.4, -0.2) is 20.3 Å². The smallest absolute Gasteiger partial charge is 0.207 e. The highest BCUT2D eigenvalue weighted by Gasteiger charge is 2.26. The van der Waals surface area contributed by atoms with Crippen molar-refractivity contribution >= 4 is 60.8 Å². The Bertz CT molecular complexity index is 540. The zero-order chi connectivity index (χ0) is 14.8. The average Bonchev–Trinajstić information content (AvgIpc) is 2.23. The van der Waals surface area contributed by atoms with Crippen molar-refractivity contribution in [3.05, 3.63) is 26.7 Å². The molecule has 0 fully saturated rings. The molecule has 0 aromatic heterocycles. The van der Waals surface area contributed by atoms with E-state index in [-0.39, 0.29) is 32.8 Å². The first-order chi connectivity index (χ1) is 8.69. The molecular formula is C11H13BrCl3NO2S. The maximum Gasteiger partial charge on any atom is 0.243 e. The molecule has 1 unspecified atom stereocenters. The van der Waals surface area contributed by atoms with Gasteiger partial charge in [-0.15, -0.1) is 11.6 Å². The van der Waals surface area contributed by atoms with Crippen molar-refractivity contribution < 1.29 is 8.42 Å². The van der Waals surface area contributed by atoms with Gasteiger partial charge in [0.15, 0.2) is 0 Å². The zero-order valence-electron chi connectivity index (χ0n) is 10.3. The summed E-state index contributed by atoms with van der Waals surface area (Å²) in [7, 11) is -3.81. The van der Waals surface area contributed by atoms with Gasteiger partial charge in [0.2, 0.25) is 10.0 Å². The molecule has 1 atom stereocenters. The Morgan fingerprint density at radius 3 is 2.11 bits per heavy atom. The molecule has 1 aromatic rings. The SMILES string of the molecule is CC(C)C(CCl)NS(=O)(=O)c1c(Cl)cc(Br)cc1Cl. The number of hydrogen-bond acceptors (Lipinski definition) is 2. The monoisotopic (exact) mass is 407 g/mol. The second kappa shape index (κ2) is 6.96. The minimum atomic E-state index is -3.81. The Kier molecular flexibility index (Phi) is 6.42. The molecule has 108 valence electrons. The Hall–Kier alpha value is 0.480. The summed E-state index contributed by atoms with van der Waals surface area (Å²) in [5.74, 6) is 0.225. The van der Waals surface area contributed by atoms with Crippen molar-refractivity contribution in [1.82, 2.24) is 4.72 Å². The molecule has 3 nitrogen and oxygen atoms in total. The van der Waals surface area contributed by atoms with E-state index >= 15 is 0 Å². The molecule has 0 radical (unpaired) electrons. The fourth-order valence-electron chi connectivity index (χ4n) is 1.39. The van der Waals surface area contributed by atoms with Crippen LogP contribution in [0.2, 0.25) is 10.0 Å². The molecule has 0 heterocycles. The Morgan fingerprint density at radius 2 is 1.74 bits per heavy atom. The van der Waals surface area contributed by atoms with Gasteiger partial charge in [0, 0.05) is 16.4 Å². The molecule has 0 aliphatic heterocycles. The van der Waals surface area contributed by atoms with Crippen molar-refractivity contribution in [2.24, 2.45) is 5.92 Å². The average molecular weight is 410 g/mol. The fraction of sp³-hybridized carbons (Fsp3) is 0.455. The molecule has 1 N–H and O–H groups in total. The minimum Gasteiger partial charge on any atom is -0.207 e. The summed E-state index contributed by atoms with van der Waals surface area (Å²) in [6, 6.07) is 2.57. The van der Waals surface area contributed by atoms with Crippen LogP contribution in [0, 0.1) is 5.92 Å². The molecule has 8 heteroatoms. The van der Waals surface area contributed by atoms with Gasteiger partial charge < -0.3 is 0 Å². The predicted molar refractivity (Wildman–Crippen MR) is 83.8 cm³/mol. The van der Waals surface area contributed by atoms with Gasteiger partial charge >= 0.3 is 0 Å². The maximum absolute atomic E-state index is 12.3. The summed E-state index contributed by atoms with van der Waals surface area (Å²) in [5, 5.41) is 0.118. The summed E-state index contributed by atoms with van der Waals surface area (Å²) in [6.45, 7) is 3.75. The normalized spacial score (nSPS) is 13.8. The molecule has 19 heavy (non-hydrogen) atoms. The third-order valence-electron chi connectivity index (χ3n) is 2.51. The van der Waals surface area contributed by atoms with Gasteiger partial charge in [-0.05, 0) is 18.1 Å². The highest BCUT2D eigenvalue weighted by atomic mass is 79.9. The second-order valence-corrected chi connectivity index (χ2v) is 8.01. The van der Waals surface area contributed by atoms with Gasteiger partial charge in [-0.1, -0.05) is 53.0 Å².